The molecule has 8 nitrogen and oxygen atoms in total. The van der Waals surface area contributed by atoms with Crippen molar-refractivity contribution in [2.45, 2.75) is 24.7 Å². The number of hydrogen-bond donors (Lipinski definition) is 2. The number of rotatable bonds is 5. The molecule has 1 fully saturated rings. The molecule has 0 atom stereocenters. The molecule has 0 aromatic heterocycles. The van der Waals surface area contributed by atoms with E-state index in [0.29, 0.717) is 29.2 Å². The van der Waals surface area contributed by atoms with Gasteiger partial charge >= 0.3 is 0 Å². The van der Waals surface area contributed by atoms with Crippen molar-refractivity contribution in [2.75, 3.05) is 24.2 Å². The predicted molar refractivity (Wildman–Crippen MR) is 112 cm³/mol. The summed E-state index contributed by atoms with van der Waals surface area (Å²) in [5, 5.41) is 5.34. The molecule has 2 N–H and O–H groups in total. The maximum Gasteiger partial charge on any atom is 0.283 e. The Bertz CT molecular complexity index is 1040. The molecule has 152 valence electrons. The second-order valence-corrected chi connectivity index (χ2v) is 8.35. The standard InChI is InChI=1S/C20H22N4O4S/c1-14(25)21-16-7-5-15(6-8-16)20(26)22-17-9-11-18(12-10-17)29(27,28)23-19-4-3-13-24(19)2/h5-12H,3-4,13H2,1-2H3,(H,21,25)(H,22,26). The molecule has 2 aromatic rings. The lowest BCUT2D eigenvalue weighted by molar-refractivity contribution is -0.114. The highest BCUT2D eigenvalue weighted by atomic mass is 32.2. The molecular weight excluding hydrogens is 392 g/mol. The van der Waals surface area contributed by atoms with Crippen molar-refractivity contribution in [1.82, 2.24) is 4.90 Å². The Balaban J connectivity index is 1.68. The zero-order chi connectivity index (χ0) is 21.0. The minimum absolute atomic E-state index is 0.0722. The monoisotopic (exact) mass is 414 g/mol. The van der Waals surface area contributed by atoms with E-state index in [4.69, 9.17) is 0 Å². The van der Waals surface area contributed by atoms with Crippen LogP contribution >= 0.6 is 0 Å². The minimum atomic E-state index is -3.79. The molecule has 1 aliphatic rings. The van der Waals surface area contributed by atoms with E-state index < -0.39 is 10.0 Å². The first-order valence-corrected chi connectivity index (χ1v) is 10.5. The van der Waals surface area contributed by atoms with Gasteiger partial charge in [-0.3, -0.25) is 9.59 Å². The molecule has 1 saturated heterocycles. The molecule has 0 unspecified atom stereocenters. The number of carbonyl (C=O) groups excluding carboxylic acids is 2. The summed E-state index contributed by atoms with van der Waals surface area (Å²) >= 11 is 0. The average molecular weight is 414 g/mol. The number of nitrogens with zero attached hydrogens (tertiary/aromatic N) is 2. The fourth-order valence-electron chi connectivity index (χ4n) is 2.92. The van der Waals surface area contributed by atoms with Crippen LogP contribution in [0.4, 0.5) is 11.4 Å². The van der Waals surface area contributed by atoms with E-state index >= 15 is 0 Å². The molecule has 0 spiro atoms. The summed E-state index contributed by atoms with van der Waals surface area (Å²) in [6.07, 6.45) is 1.53. The summed E-state index contributed by atoms with van der Waals surface area (Å²) in [7, 11) is -1.97. The molecular formula is C20H22N4O4S. The number of hydrogen-bond acceptors (Lipinski definition) is 4. The molecule has 0 aliphatic carbocycles. The lowest BCUT2D eigenvalue weighted by Gasteiger charge is -2.11. The van der Waals surface area contributed by atoms with Crippen LogP contribution in [0.1, 0.15) is 30.1 Å². The molecule has 3 rings (SSSR count). The van der Waals surface area contributed by atoms with Gasteiger partial charge in [0.05, 0.1) is 4.90 Å². The van der Waals surface area contributed by atoms with Crippen molar-refractivity contribution in [2.24, 2.45) is 4.40 Å². The van der Waals surface area contributed by atoms with Crippen LogP contribution in [0.3, 0.4) is 0 Å². The van der Waals surface area contributed by atoms with Gasteiger partial charge < -0.3 is 15.5 Å². The van der Waals surface area contributed by atoms with Crippen LogP contribution in [-0.4, -0.2) is 44.6 Å². The highest BCUT2D eigenvalue weighted by Gasteiger charge is 2.20. The van der Waals surface area contributed by atoms with Crippen molar-refractivity contribution in [3.05, 3.63) is 54.1 Å². The summed E-state index contributed by atoms with van der Waals surface area (Å²) in [5.74, 6) is 0.0230. The van der Waals surface area contributed by atoms with Crippen molar-refractivity contribution >= 4 is 39.0 Å². The third-order valence-electron chi connectivity index (χ3n) is 4.44. The lowest BCUT2D eigenvalue weighted by Crippen LogP contribution is -2.20. The third-order valence-corrected chi connectivity index (χ3v) is 5.76. The van der Waals surface area contributed by atoms with E-state index in [1.54, 1.807) is 24.3 Å². The number of sulfonamides is 1. The van der Waals surface area contributed by atoms with E-state index in [9.17, 15) is 18.0 Å². The van der Waals surface area contributed by atoms with Gasteiger partial charge in [0.25, 0.3) is 15.9 Å². The van der Waals surface area contributed by atoms with Crippen LogP contribution in [0.25, 0.3) is 0 Å². The van der Waals surface area contributed by atoms with Crippen LogP contribution in [0.2, 0.25) is 0 Å². The fourth-order valence-corrected chi connectivity index (χ4v) is 4.02. The molecule has 2 aromatic carbocycles. The van der Waals surface area contributed by atoms with Crippen LogP contribution in [-0.2, 0) is 14.8 Å². The van der Waals surface area contributed by atoms with Crippen molar-refractivity contribution < 1.29 is 18.0 Å². The largest absolute Gasteiger partial charge is 0.362 e. The molecule has 1 aliphatic heterocycles. The second-order valence-electron chi connectivity index (χ2n) is 6.74. The van der Waals surface area contributed by atoms with Gasteiger partial charge in [0.2, 0.25) is 5.91 Å². The van der Waals surface area contributed by atoms with Gasteiger partial charge in [0, 0.05) is 43.9 Å². The molecule has 1 heterocycles. The fraction of sp³-hybridized carbons (Fsp3) is 0.250. The number of nitrogens with one attached hydrogen (secondary N) is 2. The summed E-state index contributed by atoms with van der Waals surface area (Å²) in [5.41, 5.74) is 1.47. The summed E-state index contributed by atoms with van der Waals surface area (Å²) in [6, 6.07) is 12.3. The van der Waals surface area contributed by atoms with E-state index in [-0.39, 0.29) is 16.7 Å². The van der Waals surface area contributed by atoms with Crippen LogP contribution in [0.5, 0.6) is 0 Å². The maximum absolute atomic E-state index is 12.5. The zero-order valence-corrected chi connectivity index (χ0v) is 17.0. The van der Waals surface area contributed by atoms with Crippen molar-refractivity contribution in [3.8, 4) is 0 Å². The van der Waals surface area contributed by atoms with Gasteiger partial charge in [0.15, 0.2) is 0 Å². The first-order chi connectivity index (χ1) is 13.7. The SMILES string of the molecule is CC(=O)Nc1ccc(C(=O)Nc2ccc(S(=O)(=O)N=C3CCCN3C)cc2)cc1. The minimum Gasteiger partial charge on any atom is -0.362 e. The normalized spacial score (nSPS) is 15.4. The van der Waals surface area contributed by atoms with Crippen LogP contribution in [0.15, 0.2) is 57.8 Å². The number of amidine groups is 1. The van der Waals surface area contributed by atoms with Crippen molar-refractivity contribution in [3.63, 3.8) is 0 Å². The Morgan fingerprint density at radius 2 is 1.55 bits per heavy atom. The zero-order valence-electron chi connectivity index (χ0n) is 16.2. The Hall–Kier alpha value is -3.20. The molecule has 9 heteroatoms. The number of amides is 2. The quantitative estimate of drug-likeness (QED) is 0.782. The summed E-state index contributed by atoms with van der Waals surface area (Å²) < 4.78 is 28.9. The third kappa shape index (κ3) is 5.20. The van der Waals surface area contributed by atoms with Gasteiger partial charge in [-0.15, -0.1) is 4.40 Å². The molecule has 0 saturated carbocycles. The van der Waals surface area contributed by atoms with Gasteiger partial charge in [-0.1, -0.05) is 0 Å². The van der Waals surface area contributed by atoms with E-state index in [1.807, 2.05) is 11.9 Å². The Morgan fingerprint density at radius 1 is 0.966 bits per heavy atom. The highest BCUT2D eigenvalue weighted by Crippen LogP contribution is 2.20. The predicted octanol–water partition coefficient (Wildman–Crippen LogP) is 2.71. The number of anilines is 2. The Labute approximate surface area is 169 Å². The Kier molecular flexibility index (Phi) is 5.97. The first-order valence-electron chi connectivity index (χ1n) is 9.09. The molecule has 0 bridgehead atoms. The number of benzene rings is 2. The van der Waals surface area contributed by atoms with Crippen molar-refractivity contribution in [1.29, 1.82) is 0 Å². The topological polar surface area (TPSA) is 108 Å². The Morgan fingerprint density at radius 3 is 2.10 bits per heavy atom. The first kappa shape index (κ1) is 20.5. The van der Waals surface area contributed by atoms with Crippen LogP contribution in [0, 0.1) is 0 Å². The maximum atomic E-state index is 12.5. The summed E-state index contributed by atoms with van der Waals surface area (Å²) in [6.45, 7) is 2.20. The highest BCUT2D eigenvalue weighted by molar-refractivity contribution is 7.90. The van der Waals surface area contributed by atoms with Gasteiger partial charge in [-0.2, -0.15) is 8.42 Å². The van der Waals surface area contributed by atoms with Gasteiger partial charge in [-0.05, 0) is 55.0 Å². The summed E-state index contributed by atoms with van der Waals surface area (Å²) in [4.78, 5) is 25.3. The molecule has 29 heavy (non-hydrogen) atoms. The van der Waals surface area contributed by atoms with E-state index in [1.165, 1.54) is 31.2 Å². The lowest BCUT2D eigenvalue weighted by atomic mass is 10.2. The van der Waals surface area contributed by atoms with Crippen LogP contribution < -0.4 is 10.6 Å². The molecule has 2 amide bonds. The van der Waals surface area contributed by atoms with Gasteiger partial charge in [0.1, 0.15) is 5.84 Å². The van der Waals surface area contributed by atoms with Gasteiger partial charge in [-0.25, -0.2) is 0 Å². The average Bonchev–Trinajstić information content (AvgIpc) is 3.06. The van der Waals surface area contributed by atoms with E-state index in [0.717, 1.165) is 13.0 Å². The number of carbonyl (C=O) groups is 2. The van der Waals surface area contributed by atoms with E-state index in [2.05, 4.69) is 15.0 Å². The number of likely N-dealkylation sites (tertiary alicyclic amines) is 1. The smallest absolute Gasteiger partial charge is 0.283 e. The second kappa shape index (κ2) is 8.44. The molecule has 0 radical (unpaired) electrons.